The van der Waals surface area contributed by atoms with Crippen LogP contribution in [0.3, 0.4) is 0 Å². The summed E-state index contributed by atoms with van der Waals surface area (Å²) in [6, 6.07) is 9.51. The van der Waals surface area contributed by atoms with Gasteiger partial charge in [0.2, 0.25) is 5.91 Å². The highest BCUT2D eigenvalue weighted by molar-refractivity contribution is 8.00. The molecule has 0 unspecified atom stereocenters. The van der Waals surface area contributed by atoms with Gasteiger partial charge >= 0.3 is 0 Å². The summed E-state index contributed by atoms with van der Waals surface area (Å²) in [7, 11) is 0. The molecule has 8 nitrogen and oxygen atoms in total. The fourth-order valence-electron chi connectivity index (χ4n) is 4.89. The van der Waals surface area contributed by atoms with Crippen molar-refractivity contribution < 1.29 is 14.3 Å². The van der Waals surface area contributed by atoms with Crippen LogP contribution in [0.1, 0.15) is 25.0 Å². The lowest BCUT2D eigenvalue weighted by Gasteiger charge is -2.36. The average molecular weight is 568 g/mol. The molecule has 1 N–H and O–H groups in total. The van der Waals surface area contributed by atoms with E-state index in [1.807, 2.05) is 36.6 Å². The van der Waals surface area contributed by atoms with Gasteiger partial charge in [0, 0.05) is 36.1 Å². The van der Waals surface area contributed by atoms with Crippen LogP contribution in [0.2, 0.25) is 0 Å². The van der Waals surface area contributed by atoms with Crippen molar-refractivity contribution in [3.05, 3.63) is 41.5 Å². The van der Waals surface area contributed by atoms with Crippen molar-refractivity contribution in [1.29, 1.82) is 0 Å². The minimum absolute atomic E-state index is 0.0659. The lowest BCUT2D eigenvalue weighted by molar-refractivity contribution is -0.113. The molecule has 1 amide bonds. The Balaban J connectivity index is 1.44. The molecular weight excluding hydrogens is 539 g/mol. The minimum atomic E-state index is -0.277. The van der Waals surface area contributed by atoms with E-state index in [-0.39, 0.29) is 17.3 Å². The smallest absolute Gasteiger partial charge is 0.234 e. The number of anilines is 2. The first kappa shape index (κ1) is 25.8. The van der Waals surface area contributed by atoms with Crippen molar-refractivity contribution >= 4 is 72.7 Å². The standard InChI is InChI=1S/C27H29N5O3S3/c1-27(2)13-17-18(14-35-27)23(32-9-11-34-12-10-32)30-24-20(17)21-22(38-24)25(31-26(29-21)36-3)37-15-19(33)28-16-7-5-4-6-8-16/h4-8H,9-15H2,1-3H3,(H,28,33). The number of nitrogens with zero attached hydrogens (tertiary/aromatic N) is 4. The first-order chi connectivity index (χ1) is 18.4. The zero-order valence-corrected chi connectivity index (χ0v) is 24.0. The van der Waals surface area contributed by atoms with Gasteiger partial charge in [-0.2, -0.15) is 0 Å². The number of para-hydroxylation sites is 1. The number of carbonyl (C=O) groups excluding carboxylic acids is 1. The number of thiophene rings is 1. The molecule has 3 aromatic heterocycles. The highest BCUT2D eigenvalue weighted by Crippen LogP contribution is 2.45. The number of aromatic nitrogens is 3. The summed E-state index contributed by atoms with van der Waals surface area (Å²) >= 11 is 4.57. The van der Waals surface area contributed by atoms with Crippen LogP contribution in [0.15, 0.2) is 40.5 Å². The van der Waals surface area contributed by atoms with Gasteiger partial charge in [0.25, 0.3) is 0 Å². The number of nitrogens with one attached hydrogen (secondary N) is 1. The number of hydrogen-bond acceptors (Lipinski definition) is 10. The molecule has 0 spiro atoms. The number of pyridine rings is 1. The lowest BCUT2D eigenvalue weighted by Crippen LogP contribution is -2.39. The zero-order chi connectivity index (χ0) is 26.3. The molecule has 198 valence electrons. The molecule has 0 atom stereocenters. The molecule has 38 heavy (non-hydrogen) atoms. The molecule has 0 aliphatic carbocycles. The number of ether oxygens (including phenoxy) is 2. The van der Waals surface area contributed by atoms with Gasteiger partial charge in [-0.1, -0.05) is 41.7 Å². The average Bonchev–Trinajstić information content (AvgIpc) is 3.30. The van der Waals surface area contributed by atoms with E-state index in [2.05, 4.69) is 24.1 Å². The van der Waals surface area contributed by atoms with Crippen molar-refractivity contribution in [2.45, 2.75) is 42.7 Å². The van der Waals surface area contributed by atoms with Gasteiger partial charge < -0.3 is 19.7 Å². The van der Waals surface area contributed by atoms with E-state index in [0.717, 1.165) is 62.0 Å². The first-order valence-electron chi connectivity index (χ1n) is 12.6. The third kappa shape index (κ3) is 5.10. The molecule has 0 saturated carbocycles. The van der Waals surface area contributed by atoms with Gasteiger partial charge in [-0.05, 0) is 37.8 Å². The van der Waals surface area contributed by atoms with Crippen LogP contribution in [0, 0.1) is 0 Å². The summed E-state index contributed by atoms with van der Waals surface area (Å²) in [5.41, 5.74) is 3.85. The zero-order valence-electron chi connectivity index (χ0n) is 21.6. The number of carbonyl (C=O) groups is 1. The third-order valence-electron chi connectivity index (χ3n) is 6.71. The Bertz CT molecular complexity index is 1500. The summed E-state index contributed by atoms with van der Waals surface area (Å²) in [5.74, 6) is 1.19. The normalized spacial score (nSPS) is 17.1. The maximum Gasteiger partial charge on any atom is 0.234 e. The monoisotopic (exact) mass is 567 g/mol. The Kier molecular flexibility index (Phi) is 7.21. The molecule has 0 radical (unpaired) electrons. The summed E-state index contributed by atoms with van der Waals surface area (Å²) in [6.45, 7) is 7.82. The van der Waals surface area contributed by atoms with E-state index < -0.39 is 0 Å². The molecule has 6 rings (SSSR count). The van der Waals surface area contributed by atoms with Gasteiger partial charge in [-0.3, -0.25) is 4.79 Å². The van der Waals surface area contributed by atoms with E-state index in [9.17, 15) is 4.79 Å². The highest BCUT2D eigenvalue weighted by atomic mass is 32.2. The highest BCUT2D eigenvalue weighted by Gasteiger charge is 2.33. The second-order valence-corrected chi connectivity index (χ2v) is 12.6. The van der Waals surface area contributed by atoms with Crippen LogP contribution in [0.25, 0.3) is 20.4 Å². The Labute approximate surface area is 233 Å². The summed E-state index contributed by atoms with van der Waals surface area (Å²) < 4.78 is 12.8. The van der Waals surface area contributed by atoms with Gasteiger partial charge in [0.1, 0.15) is 15.7 Å². The van der Waals surface area contributed by atoms with Crippen LogP contribution >= 0.6 is 34.9 Å². The van der Waals surface area contributed by atoms with Gasteiger partial charge in [-0.25, -0.2) is 15.0 Å². The predicted octanol–water partition coefficient (Wildman–Crippen LogP) is 5.38. The minimum Gasteiger partial charge on any atom is -0.378 e. The van der Waals surface area contributed by atoms with Crippen molar-refractivity contribution in [2.24, 2.45) is 0 Å². The van der Waals surface area contributed by atoms with E-state index >= 15 is 0 Å². The maximum atomic E-state index is 12.7. The van der Waals surface area contributed by atoms with Crippen molar-refractivity contribution in [1.82, 2.24) is 15.0 Å². The van der Waals surface area contributed by atoms with E-state index in [4.69, 9.17) is 24.4 Å². The van der Waals surface area contributed by atoms with E-state index in [1.165, 1.54) is 29.1 Å². The lowest BCUT2D eigenvalue weighted by atomic mass is 9.90. The summed E-state index contributed by atoms with van der Waals surface area (Å²) in [4.78, 5) is 31.0. The van der Waals surface area contributed by atoms with Crippen LogP contribution in [0.5, 0.6) is 0 Å². The number of fused-ring (bicyclic) bond motifs is 5. The number of benzene rings is 1. The van der Waals surface area contributed by atoms with Crippen LogP contribution in [0.4, 0.5) is 11.5 Å². The largest absolute Gasteiger partial charge is 0.378 e. The molecule has 4 aromatic rings. The number of hydrogen-bond donors (Lipinski definition) is 1. The third-order valence-corrected chi connectivity index (χ3v) is 9.44. The molecule has 2 aliphatic rings. The molecule has 5 heterocycles. The van der Waals surface area contributed by atoms with Gasteiger partial charge in [0.15, 0.2) is 5.16 Å². The van der Waals surface area contributed by atoms with Gasteiger partial charge in [-0.15, -0.1) is 11.3 Å². The molecule has 0 bridgehead atoms. The molecule has 11 heteroatoms. The molecule has 2 aliphatic heterocycles. The van der Waals surface area contributed by atoms with Crippen LogP contribution in [-0.4, -0.2) is 64.8 Å². The van der Waals surface area contributed by atoms with Gasteiger partial charge in [0.05, 0.1) is 41.4 Å². The second-order valence-electron chi connectivity index (χ2n) is 9.90. The SMILES string of the molecule is CSc1nc(SCC(=O)Nc2ccccc2)c2sc3nc(N4CCOCC4)c4c(c3c2n1)CC(C)(C)OC4. The Morgan fingerprint density at radius 1 is 1.13 bits per heavy atom. The van der Waals surface area contributed by atoms with Crippen LogP contribution < -0.4 is 10.2 Å². The Morgan fingerprint density at radius 3 is 2.68 bits per heavy atom. The number of amides is 1. The fourth-order valence-corrected chi connectivity index (χ4v) is 7.36. The van der Waals surface area contributed by atoms with E-state index in [0.29, 0.717) is 25.0 Å². The topological polar surface area (TPSA) is 89.5 Å². The number of thioether (sulfide) groups is 2. The fraction of sp³-hybridized carbons (Fsp3) is 0.407. The van der Waals surface area contributed by atoms with Crippen molar-refractivity contribution in [2.75, 3.05) is 48.5 Å². The molecule has 1 saturated heterocycles. The molecule has 1 aromatic carbocycles. The van der Waals surface area contributed by atoms with Crippen molar-refractivity contribution in [3.63, 3.8) is 0 Å². The quantitative estimate of drug-likeness (QED) is 0.187. The molecular formula is C27H29N5O3S3. The Morgan fingerprint density at radius 2 is 1.92 bits per heavy atom. The second kappa shape index (κ2) is 10.6. The molecule has 1 fully saturated rings. The number of morpholine rings is 1. The summed E-state index contributed by atoms with van der Waals surface area (Å²) in [5, 5.41) is 5.57. The predicted molar refractivity (Wildman–Crippen MR) is 156 cm³/mol. The maximum absolute atomic E-state index is 12.7. The Hall–Kier alpha value is -2.44. The van der Waals surface area contributed by atoms with Crippen molar-refractivity contribution in [3.8, 4) is 0 Å². The number of rotatable bonds is 6. The first-order valence-corrected chi connectivity index (χ1v) is 15.6. The van der Waals surface area contributed by atoms with Crippen LogP contribution in [-0.2, 0) is 27.3 Å². The summed E-state index contributed by atoms with van der Waals surface area (Å²) in [6.07, 6.45) is 2.76. The van der Waals surface area contributed by atoms with E-state index in [1.54, 1.807) is 11.3 Å².